The molecule has 4 fully saturated rings. The van der Waals surface area contributed by atoms with Gasteiger partial charge in [-0.25, -0.2) is 9.18 Å². The van der Waals surface area contributed by atoms with Crippen molar-refractivity contribution < 1.29 is 42.2 Å². The van der Waals surface area contributed by atoms with E-state index < -0.39 is 63.7 Å². The Bertz CT molecular complexity index is 1280. The molecule has 3 saturated carbocycles. The summed E-state index contributed by atoms with van der Waals surface area (Å²) in [5.74, 6) is -3.10. The van der Waals surface area contributed by atoms with Crippen molar-refractivity contribution >= 4 is 17.4 Å². The van der Waals surface area contributed by atoms with E-state index in [9.17, 15) is 33.0 Å². The Morgan fingerprint density at radius 3 is 2.47 bits per heavy atom. The van der Waals surface area contributed by atoms with Crippen molar-refractivity contribution in [2.75, 3.05) is 11.6 Å². The van der Waals surface area contributed by atoms with Crippen molar-refractivity contribution in [2.45, 2.75) is 63.1 Å². The number of hydroxylamine groups is 1. The van der Waals surface area contributed by atoms with Crippen molar-refractivity contribution in [1.29, 1.82) is 0 Å². The van der Waals surface area contributed by atoms with Gasteiger partial charge in [-0.15, -0.1) is 0 Å². The van der Waals surface area contributed by atoms with Gasteiger partial charge in [-0.05, 0) is 74.9 Å². The number of carbonyl (C=O) groups excluding carboxylic acids is 1. The zero-order valence-corrected chi connectivity index (χ0v) is 21.0. The van der Waals surface area contributed by atoms with Crippen LogP contribution in [0.4, 0.5) is 23.2 Å². The Kier molecular flexibility index (Phi) is 5.17. The van der Waals surface area contributed by atoms with Crippen molar-refractivity contribution in [2.24, 2.45) is 28.6 Å². The molecule has 1 aromatic rings. The predicted molar refractivity (Wildman–Crippen MR) is 127 cm³/mol. The normalized spacial score (nSPS) is 43.7. The molecule has 0 aromatic heterocycles. The van der Waals surface area contributed by atoms with E-state index >= 15 is 4.39 Å². The molecule has 1 saturated heterocycles. The van der Waals surface area contributed by atoms with Gasteiger partial charge in [-0.3, -0.25) is 14.7 Å². The molecule has 8 atom stereocenters. The molecule has 2 N–H and O–H groups in total. The third kappa shape index (κ3) is 2.96. The first-order valence-corrected chi connectivity index (χ1v) is 12.9. The standard InChI is InChI=1S/C28H29F4NO5/c1-24-10-9-19(34)11-16(24)5-8-20-21-12-17-14-33(18-6-3-15(4-7-18)28(30,31)32)38-27(17,23(36)37)25(21,2)13-22(35)26(20,24)29/h3-4,6-7,9-11,17,20-22,35H,5,8,12-14H2,1-2H3,(H,36,37)/t17-,20-,21-,22-,24-,25-,26-,27-/m0/s1. The van der Waals surface area contributed by atoms with E-state index in [2.05, 4.69) is 0 Å². The molecule has 1 aromatic carbocycles. The highest BCUT2D eigenvalue weighted by Crippen LogP contribution is 2.72. The summed E-state index contributed by atoms with van der Waals surface area (Å²) in [5.41, 5.74) is -6.10. The largest absolute Gasteiger partial charge is 0.479 e. The van der Waals surface area contributed by atoms with Gasteiger partial charge in [0, 0.05) is 22.7 Å². The third-order valence-electron chi connectivity index (χ3n) is 10.4. The van der Waals surface area contributed by atoms with Crippen LogP contribution in [0.5, 0.6) is 0 Å². The van der Waals surface area contributed by atoms with Crippen molar-refractivity contribution in [3.05, 3.63) is 53.6 Å². The molecule has 0 unspecified atom stereocenters. The third-order valence-corrected chi connectivity index (χ3v) is 10.4. The number of carboxylic acid groups (broad SMARTS) is 1. The summed E-state index contributed by atoms with van der Waals surface area (Å²) in [5, 5.41) is 23.4. The fraction of sp³-hybridized carbons (Fsp3) is 0.571. The minimum atomic E-state index is -4.51. The fourth-order valence-corrected chi connectivity index (χ4v) is 8.59. The number of aliphatic hydroxyl groups excluding tert-OH is 1. The van der Waals surface area contributed by atoms with Crippen molar-refractivity contribution in [3.63, 3.8) is 0 Å². The number of nitrogens with zero attached hydrogens (tertiary/aromatic N) is 1. The molecule has 0 bridgehead atoms. The number of alkyl halides is 4. The number of carboxylic acids is 1. The van der Waals surface area contributed by atoms with E-state index in [0.717, 1.165) is 12.1 Å². The van der Waals surface area contributed by atoms with Gasteiger partial charge >= 0.3 is 12.1 Å². The summed E-state index contributed by atoms with van der Waals surface area (Å²) in [6.07, 6.45) is -0.695. The topological polar surface area (TPSA) is 87.1 Å². The Hall–Kier alpha value is -2.72. The fourth-order valence-electron chi connectivity index (χ4n) is 8.59. The average Bonchev–Trinajstić information content (AvgIpc) is 3.34. The number of ketones is 1. The number of hydrogen-bond acceptors (Lipinski definition) is 5. The van der Waals surface area contributed by atoms with Gasteiger partial charge < -0.3 is 10.2 Å². The van der Waals surface area contributed by atoms with Crippen LogP contribution in [0.25, 0.3) is 0 Å². The molecule has 204 valence electrons. The Morgan fingerprint density at radius 2 is 1.84 bits per heavy atom. The number of halogens is 4. The van der Waals surface area contributed by atoms with Crippen LogP contribution in [-0.2, 0) is 20.6 Å². The molecule has 6 rings (SSSR count). The van der Waals surface area contributed by atoms with Gasteiger partial charge in [-0.1, -0.05) is 18.6 Å². The molecule has 5 aliphatic rings. The second-order valence-corrected chi connectivity index (χ2v) is 11.9. The van der Waals surface area contributed by atoms with Crippen LogP contribution in [0, 0.1) is 28.6 Å². The van der Waals surface area contributed by atoms with Crippen LogP contribution in [0.15, 0.2) is 48.1 Å². The summed E-state index contributed by atoms with van der Waals surface area (Å²) in [7, 11) is 0. The molecule has 0 amide bonds. The molecule has 0 radical (unpaired) electrons. The maximum atomic E-state index is 17.3. The lowest BCUT2D eigenvalue weighted by atomic mass is 9.45. The first kappa shape index (κ1) is 25.6. The van der Waals surface area contributed by atoms with E-state index in [4.69, 9.17) is 4.84 Å². The van der Waals surface area contributed by atoms with Crippen molar-refractivity contribution in [1.82, 2.24) is 0 Å². The lowest BCUT2D eigenvalue weighted by Crippen LogP contribution is -2.69. The zero-order chi connectivity index (χ0) is 27.5. The maximum Gasteiger partial charge on any atom is 0.416 e. The van der Waals surface area contributed by atoms with Crippen LogP contribution in [0.3, 0.4) is 0 Å². The van der Waals surface area contributed by atoms with Crippen LogP contribution in [-0.4, -0.2) is 45.9 Å². The lowest BCUT2D eigenvalue weighted by molar-refractivity contribution is -0.229. The molecular formula is C28H29F4NO5. The maximum absolute atomic E-state index is 17.3. The number of benzene rings is 1. The Morgan fingerprint density at radius 1 is 1.16 bits per heavy atom. The number of aliphatic hydroxyl groups is 1. The molecule has 6 nitrogen and oxygen atoms in total. The molecule has 38 heavy (non-hydrogen) atoms. The molecule has 10 heteroatoms. The number of aliphatic carboxylic acids is 1. The molecule has 4 aliphatic carbocycles. The van der Waals surface area contributed by atoms with Gasteiger partial charge in [0.25, 0.3) is 0 Å². The number of carbonyl (C=O) groups is 2. The summed E-state index contributed by atoms with van der Waals surface area (Å²) in [4.78, 5) is 31.2. The van der Waals surface area contributed by atoms with Crippen LogP contribution in [0.2, 0.25) is 0 Å². The highest BCUT2D eigenvalue weighted by molar-refractivity contribution is 6.01. The summed E-state index contributed by atoms with van der Waals surface area (Å²) >= 11 is 0. The summed E-state index contributed by atoms with van der Waals surface area (Å²) in [6, 6.07) is 4.33. The Labute approximate surface area is 216 Å². The van der Waals surface area contributed by atoms with Gasteiger partial charge in [-0.2, -0.15) is 13.2 Å². The van der Waals surface area contributed by atoms with Gasteiger partial charge in [0.15, 0.2) is 11.5 Å². The van der Waals surface area contributed by atoms with E-state index in [1.165, 1.54) is 29.3 Å². The lowest BCUT2D eigenvalue weighted by Gasteiger charge is -2.62. The zero-order valence-electron chi connectivity index (χ0n) is 21.0. The van der Waals surface area contributed by atoms with Gasteiger partial charge in [0.05, 0.1) is 23.9 Å². The highest BCUT2D eigenvalue weighted by Gasteiger charge is 2.79. The number of fused-ring (bicyclic) bond motifs is 7. The smallest absolute Gasteiger partial charge is 0.416 e. The van der Waals surface area contributed by atoms with E-state index in [-0.39, 0.29) is 18.7 Å². The first-order valence-electron chi connectivity index (χ1n) is 12.9. The van der Waals surface area contributed by atoms with Gasteiger partial charge in [0.1, 0.15) is 0 Å². The SMILES string of the molecule is C[C@]12C=CC(=O)C=C1CC[C@H]1[C@@H]3C[C@H]4CN(c5ccc(C(F)(F)F)cc5)O[C@@]4(C(=O)O)[C@@]3(C)C[C@H](O)[C@@]12F. The van der Waals surface area contributed by atoms with Crippen LogP contribution < -0.4 is 5.06 Å². The molecule has 1 heterocycles. The van der Waals surface area contributed by atoms with Crippen molar-refractivity contribution in [3.8, 4) is 0 Å². The minimum absolute atomic E-state index is 0.114. The summed E-state index contributed by atoms with van der Waals surface area (Å²) in [6.45, 7) is 3.55. The monoisotopic (exact) mass is 535 g/mol. The summed E-state index contributed by atoms with van der Waals surface area (Å²) < 4.78 is 56.4. The Balaban J connectivity index is 1.37. The molecule has 0 spiro atoms. The van der Waals surface area contributed by atoms with Crippen LogP contribution >= 0.6 is 0 Å². The highest BCUT2D eigenvalue weighted by atomic mass is 19.4. The van der Waals surface area contributed by atoms with Crippen LogP contribution in [0.1, 0.15) is 45.1 Å². The number of anilines is 1. The van der Waals surface area contributed by atoms with Gasteiger partial charge in [0.2, 0.25) is 5.60 Å². The minimum Gasteiger partial charge on any atom is -0.479 e. The second kappa shape index (κ2) is 7.69. The van der Waals surface area contributed by atoms with E-state index in [0.29, 0.717) is 30.5 Å². The average molecular weight is 536 g/mol. The number of hydrogen-bond donors (Lipinski definition) is 2. The number of allylic oxidation sites excluding steroid dienone is 4. The quantitative estimate of drug-likeness (QED) is 0.526. The first-order chi connectivity index (χ1) is 17.7. The second-order valence-electron chi connectivity index (χ2n) is 11.9. The molecule has 1 aliphatic heterocycles. The van der Waals surface area contributed by atoms with E-state index in [1.54, 1.807) is 19.9 Å². The predicted octanol–water partition coefficient (Wildman–Crippen LogP) is 4.88. The molecular weight excluding hydrogens is 506 g/mol. The number of rotatable bonds is 2. The van der Waals surface area contributed by atoms with E-state index in [1.807, 2.05) is 0 Å².